The molecule has 0 saturated heterocycles. The van der Waals surface area contributed by atoms with Crippen LogP contribution in [0.4, 0.5) is 5.69 Å². The highest BCUT2D eigenvalue weighted by molar-refractivity contribution is 7.80. The first-order valence-corrected chi connectivity index (χ1v) is 7.27. The Bertz CT molecular complexity index is 422. The SMILES string of the molecule is CC1CCCCC1NC(=S)Nc1ccccc1Cl. The maximum Gasteiger partial charge on any atom is 0.171 e. The van der Waals surface area contributed by atoms with Gasteiger partial charge < -0.3 is 10.6 Å². The van der Waals surface area contributed by atoms with E-state index in [-0.39, 0.29) is 0 Å². The molecule has 0 spiro atoms. The summed E-state index contributed by atoms with van der Waals surface area (Å²) in [5.74, 6) is 0.685. The number of halogens is 1. The molecule has 0 amide bonds. The lowest BCUT2D eigenvalue weighted by Crippen LogP contribution is -2.43. The smallest absolute Gasteiger partial charge is 0.171 e. The first kappa shape index (κ1) is 13.6. The number of nitrogens with one attached hydrogen (secondary N) is 2. The highest BCUT2D eigenvalue weighted by atomic mass is 35.5. The summed E-state index contributed by atoms with van der Waals surface area (Å²) >= 11 is 11.4. The molecular formula is C14H19ClN2S. The minimum Gasteiger partial charge on any atom is -0.359 e. The Labute approximate surface area is 119 Å². The van der Waals surface area contributed by atoms with E-state index >= 15 is 0 Å². The van der Waals surface area contributed by atoms with Gasteiger partial charge in [-0.05, 0) is 43.1 Å². The van der Waals surface area contributed by atoms with Crippen molar-refractivity contribution in [3.63, 3.8) is 0 Å². The Morgan fingerprint density at radius 2 is 2.00 bits per heavy atom. The van der Waals surface area contributed by atoms with Crippen LogP contribution in [-0.2, 0) is 0 Å². The monoisotopic (exact) mass is 282 g/mol. The summed E-state index contributed by atoms with van der Waals surface area (Å²) in [6.45, 7) is 2.29. The summed E-state index contributed by atoms with van der Waals surface area (Å²) < 4.78 is 0. The molecular weight excluding hydrogens is 264 g/mol. The van der Waals surface area contributed by atoms with Gasteiger partial charge in [-0.3, -0.25) is 0 Å². The van der Waals surface area contributed by atoms with Gasteiger partial charge in [0.05, 0.1) is 10.7 Å². The fourth-order valence-corrected chi connectivity index (χ4v) is 2.86. The third-order valence-corrected chi connectivity index (χ3v) is 4.10. The molecule has 0 aromatic heterocycles. The number of hydrogen-bond donors (Lipinski definition) is 2. The van der Waals surface area contributed by atoms with Crippen molar-refractivity contribution in [3.8, 4) is 0 Å². The van der Waals surface area contributed by atoms with E-state index in [9.17, 15) is 0 Å². The number of rotatable bonds is 2. The minimum atomic E-state index is 0.487. The van der Waals surface area contributed by atoms with Gasteiger partial charge in [-0.25, -0.2) is 0 Å². The second kappa shape index (κ2) is 6.39. The van der Waals surface area contributed by atoms with E-state index in [0.29, 0.717) is 22.1 Å². The van der Waals surface area contributed by atoms with Gasteiger partial charge in [0, 0.05) is 6.04 Å². The van der Waals surface area contributed by atoms with Crippen molar-refractivity contribution in [1.82, 2.24) is 5.32 Å². The molecule has 2 nitrogen and oxygen atoms in total. The average Bonchev–Trinajstić information content (AvgIpc) is 2.35. The van der Waals surface area contributed by atoms with Crippen LogP contribution in [0.3, 0.4) is 0 Å². The van der Waals surface area contributed by atoms with Gasteiger partial charge in [0.2, 0.25) is 0 Å². The van der Waals surface area contributed by atoms with Crippen LogP contribution in [-0.4, -0.2) is 11.2 Å². The molecule has 4 heteroatoms. The summed E-state index contributed by atoms with van der Waals surface area (Å²) in [6, 6.07) is 8.13. The highest BCUT2D eigenvalue weighted by Gasteiger charge is 2.21. The van der Waals surface area contributed by atoms with E-state index < -0.39 is 0 Å². The molecule has 98 valence electrons. The van der Waals surface area contributed by atoms with Gasteiger partial charge in [0.15, 0.2) is 5.11 Å². The molecule has 2 N–H and O–H groups in total. The molecule has 0 heterocycles. The zero-order valence-corrected chi connectivity index (χ0v) is 12.2. The molecule has 1 saturated carbocycles. The van der Waals surface area contributed by atoms with E-state index in [1.807, 2.05) is 24.3 Å². The molecule has 1 aliphatic rings. The summed E-state index contributed by atoms with van der Waals surface area (Å²) in [5, 5.41) is 7.93. The lowest BCUT2D eigenvalue weighted by molar-refractivity contribution is 0.309. The molecule has 1 aromatic carbocycles. The predicted octanol–water partition coefficient (Wildman–Crippen LogP) is 4.21. The Morgan fingerprint density at radius 1 is 1.28 bits per heavy atom. The quantitative estimate of drug-likeness (QED) is 0.795. The molecule has 0 radical (unpaired) electrons. The summed E-state index contributed by atoms with van der Waals surface area (Å²) in [6.07, 6.45) is 5.11. The van der Waals surface area contributed by atoms with Gasteiger partial charge in [0.1, 0.15) is 0 Å². The molecule has 0 bridgehead atoms. The van der Waals surface area contributed by atoms with E-state index in [2.05, 4.69) is 17.6 Å². The third kappa shape index (κ3) is 3.59. The van der Waals surface area contributed by atoms with Gasteiger partial charge in [-0.1, -0.05) is 43.5 Å². The summed E-state index contributed by atoms with van der Waals surface area (Å²) in [5.41, 5.74) is 0.861. The highest BCUT2D eigenvalue weighted by Crippen LogP contribution is 2.24. The van der Waals surface area contributed by atoms with Crippen LogP contribution in [0.15, 0.2) is 24.3 Å². The van der Waals surface area contributed by atoms with Crippen LogP contribution in [0.5, 0.6) is 0 Å². The van der Waals surface area contributed by atoms with Crippen molar-refractivity contribution in [3.05, 3.63) is 29.3 Å². The second-order valence-corrected chi connectivity index (χ2v) is 5.76. The summed E-state index contributed by atoms with van der Waals surface area (Å²) in [4.78, 5) is 0. The van der Waals surface area contributed by atoms with Crippen LogP contribution in [0.1, 0.15) is 32.6 Å². The lowest BCUT2D eigenvalue weighted by Gasteiger charge is -2.30. The molecule has 1 fully saturated rings. The maximum atomic E-state index is 6.09. The van der Waals surface area contributed by atoms with Crippen molar-refractivity contribution in [1.29, 1.82) is 0 Å². The number of thiocarbonyl (C=S) groups is 1. The van der Waals surface area contributed by atoms with E-state index in [1.54, 1.807) is 0 Å². The summed E-state index contributed by atoms with van der Waals surface area (Å²) in [7, 11) is 0. The van der Waals surface area contributed by atoms with Crippen molar-refractivity contribution in [2.45, 2.75) is 38.6 Å². The van der Waals surface area contributed by atoms with Crippen molar-refractivity contribution in [2.24, 2.45) is 5.92 Å². The van der Waals surface area contributed by atoms with Crippen molar-refractivity contribution < 1.29 is 0 Å². The molecule has 1 aliphatic carbocycles. The Hall–Kier alpha value is -0.800. The molecule has 2 rings (SSSR count). The van der Waals surface area contributed by atoms with Gasteiger partial charge in [-0.2, -0.15) is 0 Å². The minimum absolute atomic E-state index is 0.487. The largest absolute Gasteiger partial charge is 0.359 e. The Morgan fingerprint density at radius 3 is 2.72 bits per heavy atom. The van der Waals surface area contributed by atoms with Crippen LogP contribution in [0.25, 0.3) is 0 Å². The maximum absolute atomic E-state index is 6.09. The zero-order chi connectivity index (χ0) is 13.0. The van der Waals surface area contributed by atoms with Crippen LogP contribution >= 0.6 is 23.8 Å². The lowest BCUT2D eigenvalue weighted by atomic mass is 9.86. The Kier molecular flexibility index (Phi) is 4.84. The van der Waals surface area contributed by atoms with Crippen LogP contribution in [0.2, 0.25) is 5.02 Å². The van der Waals surface area contributed by atoms with E-state index in [1.165, 1.54) is 25.7 Å². The second-order valence-electron chi connectivity index (χ2n) is 4.95. The van der Waals surface area contributed by atoms with Gasteiger partial charge in [-0.15, -0.1) is 0 Å². The molecule has 1 aromatic rings. The number of anilines is 1. The third-order valence-electron chi connectivity index (χ3n) is 3.55. The van der Waals surface area contributed by atoms with Gasteiger partial charge >= 0.3 is 0 Å². The standard InChI is InChI=1S/C14H19ClN2S/c1-10-6-2-4-8-12(10)16-14(18)17-13-9-5-3-7-11(13)15/h3,5,7,9-10,12H,2,4,6,8H2,1H3,(H2,16,17,18). The van der Waals surface area contributed by atoms with Crippen molar-refractivity contribution >= 4 is 34.6 Å². The van der Waals surface area contributed by atoms with E-state index in [0.717, 1.165) is 5.69 Å². The Balaban J connectivity index is 1.90. The van der Waals surface area contributed by atoms with Crippen LogP contribution < -0.4 is 10.6 Å². The zero-order valence-electron chi connectivity index (χ0n) is 10.6. The normalized spacial score (nSPS) is 23.4. The number of benzene rings is 1. The van der Waals surface area contributed by atoms with Gasteiger partial charge in [0.25, 0.3) is 0 Å². The predicted molar refractivity (Wildman–Crippen MR) is 82.2 cm³/mol. The molecule has 0 aliphatic heterocycles. The van der Waals surface area contributed by atoms with E-state index in [4.69, 9.17) is 23.8 Å². The van der Waals surface area contributed by atoms with Crippen molar-refractivity contribution in [2.75, 3.05) is 5.32 Å². The topological polar surface area (TPSA) is 24.1 Å². The molecule has 2 atom stereocenters. The molecule has 2 unspecified atom stereocenters. The first-order valence-electron chi connectivity index (χ1n) is 6.49. The van der Waals surface area contributed by atoms with Crippen LogP contribution in [0, 0.1) is 5.92 Å². The molecule has 18 heavy (non-hydrogen) atoms. The number of hydrogen-bond acceptors (Lipinski definition) is 1. The average molecular weight is 283 g/mol. The first-order chi connectivity index (χ1) is 8.66. The fourth-order valence-electron chi connectivity index (χ4n) is 2.42. The number of para-hydroxylation sites is 1. The fraction of sp³-hybridized carbons (Fsp3) is 0.500.